The fourth-order valence-electron chi connectivity index (χ4n) is 6.08. The van der Waals surface area contributed by atoms with Crippen LogP contribution in [0.2, 0.25) is 5.02 Å². The molecule has 1 amide bonds. The van der Waals surface area contributed by atoms with Gasteiger partial charge >= 0.3 is 0 Å². The Bertz CT molecular complexity index is 1690. The molecule has 0 spiro atoms. The third-order valence-corrected chi connectivity index (χ3v) is 8.66. The van der Waals surface area contributed by atoms with E-state index in [9.17, 15) is 9.18 Å². The van der Waals surface area contributed by atoms with Gasteiger partial charge in [0.1, 0.15) is 17.2 Å². The van der Waals surface area contributed by atoms with Crippen LogP contribution < -0.4 is 15.2 Å². The van der Waals surface area contributed by atoms with Gasteiger partial charge in [0.05, 0.1) is 24.8 Å². The van der Waals surface area contributed by atoms with Crippen molar-refractivity contribution in [1.82, 2.24) is 24.6 Å². The topological polar surface area (TPSA) is 118 Å². The molecule has 12 heteroatoms. The number of rotatable bonds is 7. The van der Waals surface area contributed by atoms with Crippen LogP contribution in [-0.2, 0) is 23.6 Å². The number of amides is 1. The normalized spacial score (nSPS) is 22.4. The fourth-order valence-corrected chi connectivity index (χ4v) is 6.23. The van der Waals surface area contributed by atoms with Gasteiger partial charge in [-0.05, 0) is 62.5 Å². The number of ether oxygens (including phenoxy) is 3. The highest BCUT2D eigenvalue weighted by Gasteiger charge is 2.43. The molecule has 2 saturated heterocycles. The Kier molecular flexibility index (Phi) is 6.75. The van der Waals surface area contributed by atoms with Crippen molar-refractivity contribution < 1.29 is 23.4 Å². The highest BCUT2D eigenvalue weighted by atomic mass is 35.5. The Morgan fingerprint density at radius 1 is 1.14 bits per heavy atom. The molecule has 2 fully saturated rings. The lowest BCUT2D eigenvalue weighted by molar-refractivity contribution is -0.0712. The molecular formula is C30H30ClFN6O4. The molecular weight excluding hydrogens is 563 g/mol. The van der Waals surface area contributed by atoms with Crippen LogP contribution in [-0.4, -0.2) is 56.4 Å². The van der Waals surface area contributed by atoms with E-state index in [-0.39, 0.29) is 17.7 Å². The first-order chi connectivity index (χ1) is 20.3. The number of likely N-dealkylation sites (tertiary alicyclic amines) is 1. The van der Waals surface area contributed by atoms with E-state index in [4.69, 9.17) is 36.5 Å². The van der Waals surface area contributed by atoms with Gasteiger partial charge in [0.2, 0.25) is 0 Å². The summed E-state index contributed by atoms with van der Waals surface area (Å²) in [5.41, 5.74) is 8.09. The molecule has 2 aromatic heterocycles. The summed E-state index contributed by atoms with van der Waals surface area (Å²) in [7, 11) is 0. The minimum absolute atomic E-state index is 0.0934. The number of para-hydroxylation sites is 1. The Labute approximate surface area is 246 Å². The molecule has 2 N–H and O–H groups in total. The van der Waals surface area contributed by atoms with Gasteiger partial charge in [-0.2, -0.15) is 0 Å². The maximum Gasteiger partial charge on any atom is 0.278 e. The summed E-state index contributed by atoms with van der Waals surface area (Å²) in [5, 5.41) is 8.59. The zero-order valence-corrected chi connectivity index (χ0v) is 23.8. The number of imidazole rings is 1. The first-order valence-electron chi connectivity index (χ1n) is 14.1. The van der Waals surface area contributed by atoms with Crippen LogP contribution in [0.4, 0.5) is 4.39 Å². The molecule has 10 nitrogen and oxygen atoms in total. The lowest BCUT2D eigenvalue weighted by Crippen LogP contribution is -2.35. The number of primary amides is 1. The van der Waals surface area contributed by atoms with Crippen LogP contribution in [0, 0.1) is 5.82 Å². The standard InChI is InChI=1S/C30H30ClFN6O4/c1-30(21-6-5-18(31)13-22(21)32)41-25-4-2-3-20(27(25)42-30)17-7-10-37(11-8-17)16-26-34-24-14-23(28(33)39)35-36-29(24)38(26)15-19-9-12-40-19/h2-6,13-14,17,19H,7-12,15-16H2,1H3,(H2,33,39). The smallest absolute Gasteiger partial charge is 0.278 e. The number of nitrogens with zero attached hydrogens (tertiary/aromatic N) is 5. The number of aromatic nitrogens is 4. The molecule has 3 aliphatic heterocycles. The lowest BCUT2D eigenvalue weighted by atomic mass is 9.88. The molecule has 2 aromatic carbocycles. The summed E-state index contributed by atoms with van der Waals surface area (Å²) in [6, 6.07) is 12.0. The maximum absolute atomic E-state index is 14.8. The number of piperidine rings is 1. The SMILES string of the molecule is CC1(c2ccc(Cl)cc2F)Oc2cccc(C3CCN(Cc4nc5cc(C(N)=O)nnc5n4CC4CCO4)CC3)c2O1. The average molecular weight is 593 g/mol. The van der Waals surface area contributed by atoms with Gasteiger partial charge in [-0.25, -0.2) is 9.37 Å². The molecule has 7 rings (SSSR count). The van der Waals surface area contributed by atoms with Crippen molar-refractivity contribution in [2.75, 3.05) is 19.7 Å². The van der Waals surface area contributed by atoms with E-state index in [0.29, 0.717) is 46.3 Å². The van der Waals surface area contributed by atoms with Crippen molar-refractivity contribution in [3.63, 3.8) is 0 Å². The number of fused-ring (bicyclic) bond motifs is 2. The number of carbonyl (C=O) groups is 1. The molecule has 0 radical (unpaired) electrons. The van der Waals surface area contributed by atoms with Gasteiger partial charge in [-0.3, -0.25) is 9.69 Å². The molecule has 4 aromatic rings. The number of benzene rings is 2. The van der Waals surface area contributed by atoms with E-state index in [2.05, 4.69) is 25.7 Å². The van der Waals surface area contributed by atoms with E-state index in [1.165, 1.54) is 6.07 Å². The quantitative estimate of drug-likeness (QED) is 0.333. The largest absolute Gasteiger partial charge is 0.444 e. The Hall–Kier alpha value is -3.80. The summed E-state index contributed by atoms with van der Waals surface area (Å²) in [6.07, 6.45) is 2.90. The molecule has 2 unspecified atom stereocenters. The van der Waals surface area contributed by atoms with Crippen LogP contribution in [0.25, 0.3) is 11.2 Å². The Morgan fingerprint density at radius 3 is 2.67 bits per heavy atom. The minimum atomic E-state index is -1.28. The summed E-state index contributed by atoms with van der Waals surface area (Å²) < 4.78 is 35.0. The average Bonchev–Trinajstić information content (AvgIpc) is 3.47. The zero-order chi connectivity index (χ0) is 29.0. The van der Waals surface area contributed by atoms with Gasteiger partial charge in [0, 0.05) is 30.2 Å². The second-order valence-corrected chi connectivity index (χ2v) is 11.7. The fraction of sp³-hybridized carbons (Fsp3) is 0.400. The minimum Gasteiger partial charge on any atom is -0.444 e. The first-order valence-corrected chi connectivity index (χ1v) is 14.5. The third kappa shape index (κ3) is 4.85. The van der Waals surface area contributed by atoms with Crippen molar-refractivity contribution >= 4 is 28.7 Å². The van der Waals surface area contributed by atoms with Gasteiger partial charge in [0.15, 0.2) is 22.8 Å². The molecule has 2 atom stereocenters. The molecule has 3 aliphatic rings. The van der Waals surface area contributed by atoms with Crippen molar-refractivity contribution in [2.45, 2.75) is 57.1 Å². The van der Waals surface area contributed by atoms with Crippen molar-refractivity contribution in [1.29, 1.82) is 0 Å². The van der Waals surface area contributed by atoms with Crippen molar-refractivity contribution in [3.8, 4) is 11.5 Å². The van der Waals surface area contributed by atoms with Crippen molar-refractivity contribution in [3.05, 3.63) is 75.9 Å². The van der Waals surface area contributed by atoms with Crippen LogP contribution in [0.1, 0.15) is 59.5 Å². The van der Waals surface area contributed by atoms with E-state index in [0.717, 1.165) is 50.3 Å². The van der Waals surface area contributed by atoms with E-state index < -0.39 is 17.5 Å². The second kappa shape index (κ2) is 10.5. The van der Waals surface area contributed by atoms with E-state index in [1.807, 2.05) is 12.1 Å². The third-order valence-electron chi connectivity index (χ3n) is 8.43. The van der Waals surface area contributed by atoms with Gasteiger partial charge < -0.3 is 24.5 Å². The lowest BCUT2D eigenvalue weighted by Gasteiger charge is -2.33. The summed E-state index contributed by atoms with van der Waals surface area (Å²) >= 11 is 5.97. The number of halogens is 2. The summed E-state index contributed by atoms with van der Waals surface area (Å²) in [4.78, 5) is 18.8. The van der Waals surface area contributed by atoms with Crippen LogP contribution in [0.5, 0.6) is 11.5 Å². The molecule has 42 heavy (non-hydrogen) atoms. The van der Waals surface area contributed by atoms with Crippen molar-refractivity contribution in [2.24, 2.45) is 5.73 Å². The van der Waals surface area contributed by atoms with E-state index >= 15 is 0 Å². The molecule has 5 heterocycles. The number of hydrogen-bond donors (Lipinski definition) is 1. The van der Waals surface area contributed by atoms with Crippen LogP contribution in [0.15, 0.2) is 42.5 Å². The summed E-state index contributed by atoms with van der Waals surface area (Å²) in [5.74, 6) is -0.0102. The molecule has 218 valence electrons. The van der Waals surface area contributed by atoms with Gasteiger partial charge in [-0.1, -0.05) is 23.7 Å². The highest BCUT2D eigenvalue weighted by Crippen LogP contribution is 2.49. The maximum atomic E-state index is 14.8. The molecule has 0 bridgehead atoms. The number of hydrogen-bond acceptors (Lipinski definition) is 8. The predicted octanol–water partition coefficient (Wildman–Crippen LogP) is 4.53. The van der Waals surface area contributed by atoms with Gasteiger partial charge in [0.25, 0.3) is 11.7 Å². The van der Waals surface area contributed by atoms with Gasteiger partial charge in [-0.15, -0.1) is 10.2 Å². The second-order valence-electron chi connectivity index (χ2n) is 11.2. The number of nitrogens with two attached hydrogens (primary N) is 1. The monoisotopic (exact) mass is 592 g/mol. The Morgan fingerprint density at radius 2 is 1.95 bits per heavy atom. The number of carbonyl (C=O) groups excluding carboxylic acids is 1. The molecule has 0 saturated carbocycles. The highest BCUT2D eigenvalue weighted by molar-refractivity contribution is 6.30. The summed E-state index contributed by atoms with van der Waals surface area (Å²) in [6.45, 7) is 5.43. The Balaban J connectivity index is 1.08. The van der Waals surface area contributed by atoms with E-state index in [1.54, 1.807) is 25.1 Å². The predicted molar refractivity (Wildman–Crippen MR) is 152 cm³/mol. The first kappa shape index (κ1) is 27.1. The molecule has 0 aliphatic carbocycles. The van der Waals surface area contributed by atoms with Crippen LogP contribution in [0.3, 0.4) is 0 Å². The van der Waals surface area contributed by atoms with Crippen LogP contribution >= 0.6 is 11.6 Å². The zero-order valence-electron chi connectivity index (χ0n) is 23.1.